The summed E-state index contributed by atoms with van der Waals surface area (Å²) in [6.07, 6.45) is 1.68. The van der Waals surface area contributed by atoms with Crippen molar-refractivity contribution < 1.29 is 14.7 Å². The smallest absolute Gasteiger partial charge is 0.313 e. The van der Waals surface area contributed by atoms with Gasteiger partial charge in [-0.1, -0.05) is 11.8 Å². The Morgan fingerprint density at radius 3 is 2.81 bits per heavy atom. The number of primary amides is 1. The molecule has 1 amide bonds. The zero-order chi connectivity index (χ0) is 12.3. The van der Waals surface area contributed by atoms with Crippen LogP contribution in [0.3, 0.4) is 0 Å². The molecule has 0 radical (unpaired) electrons. The minimum absolute atomic E-state index is 0.0953. The Labute approximate surface area is 96.8 Å². The fourth-order valence-electron chi connectivity index (χ4n) is 1.14. The van der Waals surface area contributed by atoms with Gasteiger partial charge in [0.2, 0.25) is 5.91 Å². The molecule has 1 unspecified atom stereocenters. The summed E-state index contributed by atoms with van der Waals surface area (Å²) in [5.74, 6) is -1.50. The van der Waals surface area contributed by atoms with Gasteiger partial charge in [0, 0.05) is 6.20 Å². The third kappa shape index (κ3) is 2.99. The number of rotatable bonds is 5. The Morgan fingerprint density at radius 2 is 2.31 bits per heavy atom. The Hall–Kier alpha value is -1.50. The summed E-state index contributed by atoms with van der Waals surface area (Å²) >= 11 is 1.07. The quantitative estimate of drug-likeness (QED) is 0.730. The van der Waals surface area contributed by atoms with Gasteiger partial charge in [0.25, 0.3) is 0 Å². The first kappa shape index (κ1) is 12.6. The highest BCUT2D eigenvalue weighted by atomic mass is 32.2. The Balaban J connectivity index is 2.91. The molecule has 0 bridgehead atoms. The van der Waals surface area contributed by atoms with Crippen LogP contribution in [0.25, 0.3) is 0 Å². The highest BCUT2D eigenvalue weighted by Gasteiger charge is 2.17. The molecule has 1 aromatic rings. The molecule has 1 atom stereocenters. The molecule has 0 aliphatic carbocycles. The molecule has 16 heavy (non-hydrogen) atoms. The normalized spacial score (nSPS) is 12.4. The van der Waals surface area contributed by atoms with Crippen LogP contribution in [-0.2, 0) is 9.59 Å². The predicted molar refractivity (Wildman–Crippen MR) is 59.2 cm³/mol. The van der Waals surface area contributed by atoms with E-state index in [0.29, 0.717) is 5.16 Å². The molecule has 1 aromatic heterocycles. The van der Waals surface area contributed by atoms with E-state index < -0.39 is 17.9 Å². The van der Waals surface area contributed by atoms with Gasteiger partial charge in [-0.3, -0.25) is 9.59 Å². The number of carbonyl (C=O) groups is 2. The topological polar surface area (TPSA) is 98.2 Å². The van der Waals surface area contributed by atoms with Crippen molar-refractivity contribution in [2.75, 3.05) is 5.75 Å². The second-order valence-electron chi connectivity index (χ2n) is 3.33. The van der Waals surface area contributed by atoms with E-state index in [4.69, 9.17) is 10.8 Å². The van der Waals surface area contributed by atoms with Crippen molar-refractivity contribution in [2.24, 2.45) is 5.73 Å². The van der Waals surface area contributed by atoms with Gasteiger partial charge >= 0.3 is 5.97 Å². The number of carbonyl (C=O) groups excluding carboxylic acids is 1. The molecule has 0 aromatic carbocycles. The molecule has 7 heteroatoms. The number of aryl methyl sites for hydroxylation is 1. The van der Waals surface area contributed by atoms with Gasteiger partial charge in [-0.15, -0.1) is 0 Å². The molecular formula is C9H13N3O3S. The average molecular weight is 243 g/mol. The van der Waals surface area contributed by atoms with Crippen molar-refractivity contribution in [1.29, 1.82) is 0 Å². The first-order valence-electron chi connectivity index (χ1n) is 4.61. The number of nitrogens with zero attached hydrogens (tertiary/aromatic N) is 2. The summed E-state index contributed by atoms with van der Waals surface area (Å²) < 4.78 is 1.59. The zero-order valence-corrected chi connectivity index (χ0v) is 9.82. The Bertz CT molecular complexity index is 416. The lowest BCUT2D eigenvalue weighted by atomic mass is 10.3. The van der Waals surface area contributed by atoms with E-state index in [0.717, 1.165) is 17.5 Å². The van der Waals surface area contributed by atoms with Crippen LogP contribution in [0.5, 0.6) is 0 Å². The maximum Gasteiger partial charge on any atom is 0.313 e. The molecule has 0 saturated carbocycles. The lowest BCUT2D eigenvalue weighted by Gasteiger charge is -2.11. The van der Waals surface area contributed by atoms with E-state index >= 15 is 0 Å². The summed E-state index contributed by atoms with van der Waals surface area (Å²) in [5, 5.41) is 9.06. The van der Waals surface area contributed by atoms with Crippen molar-refractivity contribution in [2.45, 2.75) is 25.0 Å². The number of imidazole rings is 1. The monoisotopic (exact) mass is 243 g/mol. The van der Waals surface area contributed by atoms with E-state index in [1.807, 2.05) is 0 Å². The van der Waals surface area contributed by atoms with Crippen molar-refractivity contribution in [3.8, 4) is 0 Å². The second kappa shape index (κ2) is 5.02. The maximum atomic E-state index is 11.0. The summed E-state index contributed by atoms with van der Waals surface area (Å²) in [5.41, 5.74) is 5.91. The van der Waals surface area contributed by atoms with Crippen molar-refractivity contribution in [1.82, 2.24) is 9.55 Å². The van der Waals surface area contributed by atoms with Crippen molar-refractivity contribution in [3.63, 3.8) is 0 Å². The van der Waals surface area contributed by atoms with Crippen LogP contribution in [0, 0.1) is 6.92 Å². The van der Waals surface area contributed by atoms with Crippen LogP contribution in [0.1, 0.15) is 18.7 Å². The molecule has 3 N–H and O–H groups in total. The maximum absolute atomic E-state index is 11.0. The van der Waals surface area contributed by atoms with Crippen molar-refractivity contribution in [3.05, 3.63) is 11.9 Å². The van der Waals surface area contributed by atoms with Crippen LogP contribution in [-0.4, -0.2) is 32.3 Å². The number of hydrogen-bond acceptors (Lipinski definition) is 4. The van der Waals surface area contributed by atoms with Crippen LogP contribution in [0.4, 0.5) is 0 Å². The number of aromatic nitrogens is 2. The largest absolute Gasteiger partial charge is 0.481 e. The minimum Gasteiger partial charge on any atom is -0.481 e. The van der Waals surface area contributed by atoms with Crippen LogP contribution >= 0.6 is 11.8 Å². The SMILES string of the molecule is Cc1cn(C(C)C(N)=O)c(SCC(=O)O)n1. The van der Waals surface area contributed by atoms with E-state index in [1.165, 1.54) is 0 Å². The Kier molecular flexibility index (Phi) is 3.94. The zero-order valence-electron chi connectivity index (χ0n) is 9.01. The predicted octanol–water partition coefficient (Wildman–Crippen LogP) is 0.415. The third-order valence-corrected chi connectivity index (χ3v) is 2.92. The molecule has 0 saturated heterocycles. The van der Waals surface area contributed by atoms with Gasteiger partial charge < -0.3 is 15.4 Å². The van der Waals surface area contributed by atoms with Crippen LogP contribution in [0.15, 0.2) is 11.4 Å². The Morgan fingerprint density at radius 1 is 1.69 bits per heavy atom. The molecule has 0 spiro atoms. The first-order chi connectivity index (χ1) is 7.41. The van der Waals surface area contributed by atoms with E-state index in [2.05, 4.69) is 4.98 Å². The second-order valence-corrected chi connectivity index (χ2v) is 4.28. The molecule has 0 aliphatic heterocycles. The summed E-state index contributed by atoms with van der Waals surface area (Å²) in [7, 11) is 0. The molecule has 1 rings (SSSR count). The summed E-state index contributed by atoms with van der Waals surface area (Å²) in [6, 6.07) is -0.530. The molecule has 88 valence electrons. The molecule has 1 heterocycles. The van der Waals surface area contributed by atoms with Gasteiger partial charge in [0.1, 0.15) is 6.04 Å². The summed E-state index contributed by atoms with van der Waals surface area (Å²) in [6.45, 7) is 3.42. The number of thioether (sulfide) groups is 1. The van der Waals surface area contributed by atoms with Gasteiger partial charge in [0.15, 0.2) is 5.16 Å². The van der Waals surface area contributed by atoms with E-state index in [-0.39, 0.29) is 5.75 Å². The highest BCUT2D eigenvalue weighted by Crippen LogP contribution is 2.21. The fraction of sp³-hybridized carbons (Fsp3) is 0.444. The lowest BCUT2D eigenvalue weighted by molar-refractivity contribution is -0.133. The standard InChI is InChI=1S/C9H13N3O3S/c1-5-3-12(6(2)8(10)15)9(11-5)16-4-7(13)14/h3,6H,4H2,1-2H3,(H2,10,15)(H,13,14). The van der Waals surface area contributed by atoms with Crippen molar-refractivity contribution >= 4 is 23.6 Å². The van der Waals surface area contributed by atoms with E-state index in [1.54, 1.807) is 24.6 Å². The number of carboxylic acid groups (broad SMARTS) is 1. The molecule has 0 fully saturated rings. The number of aliphatic carboxylic acids is 1. The fourth-order valence-corrected chi connectivity index (χ4v) is 1.96. The molecular weight excluding hydrogens is 230 g/mol. The van der Waals surface area contributed by atoms with Gasteiger partial charge in [-0.2, -0.15) is 0 Å². The van der Waals surface area contributed by atoms with Crippen LogP contribution < -0.4 is 5.73 Å². The number of amides is 1. The average Bonchev–Trinajstić information content (AvgIpc) is 2.55. The highest BCUT2D eigenvalue weighted by molar-refractivity contribution is 7.99. The lowest BCUT2D eigenvalue weighted by Crippen LogP contribution is -2.24. The van der Waals surface area contributed by atoms with E-state index in [9.17, 15) is 9.59 Å². The minimum atomic E-state index is -0.927. The molecule has 0 aliphatic rings. The van der Waals surface area contributed by atoms with Gasteiger partial charge in [-0.05, 0) is 13.8 Å². The van der Waals surface area contributed by atoms with Crippen LogP contribution in [0.2, 0.25) is 0 Å². The van der Waals surface area contributed by atoms with Gasteiger partial charge in [0.05, 0.1) is 11.4 Å². The number of carboxylic acids is 1. The third-order valence-electron chi connectivity index (χ3n) is 1.97. The number of hydrogen-bond donors (Lipinski definition) is 2. The summed E-state index contributed by atoms with van der Waals surface area (Å²) in [4.78, 5) is 25.6. The number of nitrogens with two attached hydrogens (primary N) is 1. The molecule has 6 nitrogen and oxygen atoms in total. The van der Waals surface area contributed by atoms with Gasteiger partial charge in [-0.25, -0.2) is 4.98 Å². The first-order valence-corrected chi connectivity index (χ1v) is 5.59.